The van der Waals surface area contributed by atoms with Gasteiger partial charge < -0.3 is 5.32 Å². The van der Waals surface area contributed by atoms with Crippen LogP contribution in [0.25, 0.3) is 5.69 Å². The summed E-state index contributed by atoms with van der Waals surface area (Å²) in [7, 11) is 0. The van der Waals surface area contributed by atoms with Gasteiger partial charge in [-0.15, -0.1) is 23.1 Å². The van der Waals surface area contributed by atoms with Gasteiger partial charge in [0.1, 0.15) is 18.2 Å². The second-order valence-corrected chi connectivity index (χ2v) is 13.1. The largest absolute Gasteiger partial charge is 0.350 e. The fourth-order valence-electron chi connectivity index (χ4n) is 4.87. The number of nitrogens with zero attached hydrogens (tertiary/aromatic N) is 3. The molecule has 2 aromatic carbocycles. The van der Waals surface area contributed by atoms with Crippen LogP contribution in [0.5, 0.6) is 0 Å². The molecule has 6 nitrogen and oxygen atoms in total. The lowest BCUT2D eigenvalue weighted by Crippen LogP contribution is -2.42. The van der Waals surface area contributed by atoms with E-state index in [9.17, 15) is 14.0 Å². The summed E-state index contributed by atoms with van der Waals surface area (Å²) >= 11 is 3.24. The molecular weight excluding hydrogens is 543 g/mol. The van der Waals surface area contributed by atoms with Crippen molar-refractivity contribution >= 4 is 40.7 Å². The molecule has 0 saturated heterocycles. The van der Waals surface area contributed by atoms with E-state index in [0.717, 1.165) is 38.5 Å². The van der Waals surface area contributed by atoms with Gasteiger partial charge in [-0.25, -0.2) is 9.07 Å². The Kier molecular flexibility index (Phi) is 7.88. The van der Waals surface area contributed by atoms with E-state index in [4.69, 9.17) is 5.10 Å². The number of benzene rings is 2. The summed E-state index contributed by atoms with van der Waals surface area (Å²) in [5.41, 5.74) is 5.40. The van der Waals surface area contributed by atoms with Crippen LogP contribution < -0.4 is 10.2 Å². The van der Waals surface area contributed by atoms with E-state index in [0.29, 0.717) is 5.82 Å². The summed E-state index contributed by atoms with van der Waals surface area (Å²) < 4.78 is 15.2. The highest BCUT2D eigenvalue weighted by molar-refractivity contribution is 8.00. The Morgan fingerprint density at radius 1 is 1.10 bits per heavy atom. The van der Waals surface area contributed by atoms with Crippen LogP contribution in [-0.4, -0.2) is 33.9 Å². The van der Waals surface area contributed by atoms with Crippen LogP contribution in [0.4, 0.5) is 10.2 Å². The van der Waals surface area contributed by atoms with Gasteiger partial charge in [0.15, 0.2) is 0 Å². The van der Waals surface area contributed by atoms with Crippen molar-refractivity contribution in [3.05, 3.63) is 98.6 Å². The van der Waals surface area contributed by atoms with Gasteiger partial charge in [-0.05, 0) is 60.2 Å². The number of halogens is 1. The van der Waals surface area contributed by atoms with Crippen molar-refractivity contribution in [2.45, 2.75) is 51.8 Å². The number of thiophene rings is 1. The molecule has 1 unspecified atom stereocenters. The van der Waals surface area contributed by atoms with Crippen molar-refractivity contribution in [2.75, 3.05) is 17.2 Å². The number of carbonyl (C=O) groups is 2. The highest BCUT2D eigenvalue weighted by Gasteiger charge is 2.40. The lowest BCUT2D eigenvalue weighted by Gasteiger charge is -2.24. The summed E-state index contributed by atoms with van der Waals surface area (Å²) in [4.78, 5) is 29.8. The van der Waals surface area contributed by atoms with Crippen molar-refractivity contribution in [3.63, 3.8) is 0 Å². The molecule has 1 aliphatic rings. The highest BCUT2D eigenvalue weighted by Crippen LogP contribution is 2.49. The Balaban J connectivity index is 1.64. The van der Waals surface area contributed by atoms with Crippen LogP contribution in [-0.2, 0) is 21.5 Å². The molecule has 40 heavy (non-hydrogen) atoms. The fraction of sp³-hybridized carbons (Fsp3) is 0.323. The van der Waals surface area contributed by atoms with E-state index < -0.39 is 0 Å². The number of anilines is 1. The van der Waals surface area contributed by atoms with Crippen molar-refractivity contribution in [1.82, 2.24) is 15.1 Å². The number of thioether (sulfide) groups is 1. The van der Waals surface area contributed by atoms with Crippen LogP contribution >= 0.6 is 23.1 Å². The van der Waals surface area contributed by atoms with Crippen molar-refractivity contribution in [3.8, 4) is 5.69 Å². The van der Waals surface area contributed by atoms with Gasteiger partial charge in [0.25, 0.3) is 0 Å². The lowest BCUT2D eigenvalue weighted by molar-refractivity contribution is -0.123. The first kappa shape index (κ1) is 28.1. The number of amides is 2. The molecule has 2 aromatic heterocycles. The van der Waals surface area contributed by atoms with Gasteiger partial charge in [0, 0.05) is 22.4 Å². The van der Waals surface area contributed by atoms with Crippen LogP contribution in [0.2, 0.25) is 0 Å². The predicted octanol–water partition coefficient (Wildman–Crippen LogP) is 6.47. The monoisotopic (exact) mass is 576 g/mol. The third-order valence-electron chi connectivity index (χ3n) is 7.11. The zero-order chi connectivity index (χ0) is 28.6. The molecule has 1 atom stereocenters. The third-order valence-corrected chi connectivity index (χ3v) is 9.43. The molecule has 0 radical (unpaired) electrons. The standard InChI is InChI=1S/C31H33FN4O2S2/c1-19-8-6-9-23(20(19)2)36-30-27(29(34-36)31(3,4)5)28(24-10-7-15-39-24)40-18-26(38)35(30)17-25(37)33-16-21-11-13-22(32)14-12-21/h6-15,28H,16-18H2,1-5H3,(H,33,37). The van der Waals surface area contributed by atoms with Crippen LogP contribution in [0.15, 0.2) is 60.0 Å². The van der Waals surface area contributed by atoms with Crippen molar-refractivity contribution in [2.24, 2.45) is 0 Å². The minimum absolute atomic E-state index is 0.0979. The molecule has 0 spiro atoms. The first-order valence-electron chi connectivity index (χ1n) is 13.2. The maximum absolute atomic E-state index is 13.8. The molecular formula is C31H33FN4O2S2. The van der Waals surface area contributed by atoms with Gasteiger partial charge in [0.2, 0.25) is 11.8 Å². The predicted molar refractivity (Wildman–Crippen MR) is 161 cm³/mol. The molecule has 1 N–H and O–H groups in total. The Hall–Kier alpha value is -3.43. The van der Waals surface area contributed by atoms with E-state index >= 15 is 0 Å². The minimum atomic E-state index is -0.329. The number of hydrogen-bond donors (Lipinski definition) is 1. The molecule has 5 rings (SSSR count). The van der Waals surface area contributed by atoms with Gasteiger partial charge >= 0.3 is 0 Å². The van der Waals surface area contributed by atoms with Gasteiger partial charge in [-0.3, -0.25) is 14.5 Å². The molecule has 3 heterocycles. The summed E-state index contributed by atoms with van der Waals surface area (Å²) in [6, 6.07) is 16.2. The average molecular weight is 577 g/mol. The molecule has 4 aromatic rings. The second kappa shape index (κ2) is 11.2. The van der Waals surface area contributed by atoms with Gasteiger partial charge in [0.05, 0.1) is 22.4 Å². The Bertz CT molecular complexity index is 1540. The number of rotatable bonds is 6. The number of fused-ring (bicyclic) bond motifs is 1. The van der Waals surface area contributed by atoms with Crippen LogP contribution in [0.1, 0.15) is 58.8 Å². The lowest BCUT2D eigenvalue weighted by atomic mass is 9.88. The molecule has 9 heteroatoms. The Morgan fingerprint density at radius 3 is 2.52 bits per heavy atom. The molecule has 0 saturated carbocycles. The van der Waals surface area contributed by atoms with E-state index in [2.05, 4.69) is 57.4 Å². The number of nitrogens with one attached hydrogen (secondary N) is 1. The van der Waals surface area contributed by atoms with Crippen molar-refractivity contribution < 1.29 is 14.0 Å². The van der Waals surface area contributed by atoms with Crippen LogP contribution in [0, 0.1) is 19.7 Å². The highest BCUT2D eigenvalue weighted by atomic mass is 32.2. The SMILES string of the molecule is Cc1cccc(-n2nc(C(C)(C)C)c3c2N(CC(=O)NCc2ccc(F)cc2)C(=O)CSC3c2cccs2)c1C. The third kappa shape index (κ3) is 5.58. The summed E-state index contributed by atoms with van der Waals surface area (Å²) in [6.07, 6.45) is 0. The zero-order valence-electron chi connectivity index (χ0n) is 23.3. The maximum atomic E-state index is 13.8. The number of carbonyl (C=O) groups excluding carboxylic acids is 2. The maximum Gasteiger partial charge on any atom is 0.240 e. The first-order valence-corrected chi connectivity index (χ1v) is 15.1. The van der Waals surface area contributed by atoms with E-state index in [-0.39, 0.29) is 47.1 Å². The number of aromatic nitrogens is 2. The van der Waals surface area contributed by atoms with E-state index in [1.54, 1.807) is 40.1 Å². The zero-order valence-corrected chi connectivity index (χ0v) is 25.0. The summed E-state index contributed by atoms with van der Waals surface area (Å²) in [5.74, 6) is 0.107. The number of hydrogen-bond acceptors (Lipinski definition) is 5. The molecule has 2 amide bonds. The molecule has 208 valence electrons. The molecule has 0 bridgehead atoms. The minimum Gasteiger partial charge on any atom is -0.350 e. The Labute approximate surface area is 242 Å². The second-order valence-electron chi connectivity index (χ2n) is 11.1. The van der Waals surface area contributed by atoms with E-state index in [1.807, 2.05) is 22.9 Å². The molecule has 1 aliphatic heterocycles. The smallest absolute Gasteiger partial charge is 0.240 e. The first-order chi connectivity index (χ1) is 19.0. The average Bonchev–Trinajstić information content (AvgIpc) is 3.55. The molecule has 0 fully saturated rings. The fourth-order valence-corrected chi connectivity index (χ4v) is 7.05. The Morgan fingerprint density at radius 2 is 1.85 bits per heavy atom. The van der Waals surface area contributed by atoms with Gasteiger partial charge in [-0.1, -0.05) is 51.1 Å². The quantitative estimate of drug-likeness (QED) is 0.286. The van der Waals surface area contributed by atoms with E-state index in [1.165, 1.54) is 12.1 Å². The van der Waals surface area contributed by atoms with Crippen LogP contribution in [0.3, 0.4) is 0 Å². The number of aryl methyl sites for hydroxylation is 1. The van der Waals surface area contributed by atoms with Crippen molar-refractivity contribution in [1.29, 1.82) is 0 Å². The topological polar surface area (TPSA) is 67.2 Å². The molecule has 0 aliphatic carbocycles. The summed E-state index contributed by atoms with van der Waals surface area (Å²) in [5, 5.41) is 10.0. The van der Waals surface area contributed by atoms with Gasteiger partial charge in [-0.2, -0.15) is 5.10 Å². The normalized spacial score (nSPS) is 15.6. The summed E-state index contributed by atoms with van der Waals surface area (Å²) in [6.45, 7) is 10.6.